The van der Waals surface area contributed by atoms with Crippen molar-refractivity contribution in [1.29, 1.82) is 0 Å². The van der Waals surface area contributed by atoms with Crippen LogP contribution in [-0.2, 0) is 0 Å². The van der Waals surface area contributed by atoms with Crippen LogP contribution in [0.5, 0.6) is 0 Å². The summed E-state index contributed by atoms with van der Waals surface area (Å²) in [6.45, 7) is 1.87. The van der Waals surface area contributed by atoms with Gasteiger partial charge >= 0.3 is 0 Å². The third-order valence-corrected chi connectivity index (χ3v) is 3.99. The summed E-state index contributed by atoms with van der Waals surface area (Å²) in [4.78, 5) is 12.2. The number of amides is 1. The van der Waals surface area contributed by atoms with Gasteiger partial charge in [-0.15, -0.1) is 0 Å². The molecule has 0 saturated heterocycles. The van der Waals surface area contributed by atoms with Crippen LogP contribution >= 0.6 is 45.8 Å². The van der Waals surface area contributed by atoms with Gasteiger partial charge in [-0.05, 0) is 65.4 Å². The number of nitrogens with one attached hydrogen (secondary N) is 1. The van der Waals surface area contributed by atoms with Gasteiger partial charge in [0.1, 0.15) is 0 Å². The Balaban J connectivity index is 2.28. The second kappa shape index (κ2) is 6.11. The predicted octanol–water partition coefficient (Wildman–Crippen LogP) is 5.16. The molecule has 1 amide bonds. The molecular formula is C14H10Cl2INO. The molecule has 98 valence electrons. The Bertz CT molecular complexity index is 643. The third-order valence-electron chi connectivity index (χ3n) is 2.62. The molecular weight excluding hydrogens is 396 g/mol. The number of benzene rings is 2. The summed E-state index contributed by atoms with van der Waals surface area (Å²) in [7, 11) is 0. The van der Waals surface area contributed by atoms with E-state index in [1.807, 2.05) is 13.0 Å². The lowest BCUT2D eigenvalue weighted by Crippen LogP contribution is -2.14. The largest absolute Gasteiger partial charge is 0.321 e. The maximum Gasteiger partial charge on any atom is 0.256 e. The predicted molar refractivity (Wildman–Crippen MR) is 88.3 cm³/mol. The number of rotatable bonds is 2. The Morgan fingerprint density at radius 2 is 1.74 bits per heavy atom. The van der Waals surface area contributed by atoms with Crippen LogP contribution in [0.1, 0.15) is 15.9 Å². The van der Waals surface area contributed by atoms with Crippen molar-refractivity contribution in [2.75, 3.05) is 5.32 Å². The highest BCUT2D eigenvalue weighted by Crippen LogP contribution is 2.24. The van der Waals surface area contributed by atoms with Crippen molar-refractivity contribution >= 4 is 57.4 Å². The van der Waals surface area contributed by atoms with Crippen molar-refractivity contribution in [1.82, 2.24) is 0 Å². The highest BCUT2D eigenvalue weighted by Gasteiger charge is 2.11. The lowest BCUT2D eigenvalue weighted by Gasteiger charge is -2.10. The van der Waals surface area contributed by atoms with E-state index >= 15 is 0 Å². The minimum absolute atomic E-state index is 0.180. The molecule has 0 aliphatic carbocycles. The van der Waals surface area contributed by atoms with E-state index in [2.05, 4.69) is 27.9 Å². The number of carbonyl (C=O) groups is 1. The van der Waals surface area contributed by atoms with Crippen molar-refractivity contribution in [2.24, 2.45) is 0 Å². The van der Waals surface area contributed by atoms with Crippen molar-refractivity contribution in [3.8, 4) is 0 Å². The maximum atomic E-state index is 12.2. The number of aryl methyl sites for hydroxylation is 1. The second-order valence-electron chi connectivity index (χ2n) is 4.04. The van der Waals surface area contributed by atoms with Crippen LogP contribution in [0.2, 0.25) is 10.0 Å². The van der Waals surface area contributed by atoms with Crippen molar-refractivity contribution in [3.63, 3.8) is 0 Å². The van der Waals surface area contributed by atoms with Crippen LogP contribution in [0.4, 0.5) is 5.69 Å². The standard InChI is InChI=1S/C14H10Cl2INO/c1-8-2-3-9(15)6-11(8)14(19)18-13-5-4-10(16)7-12(13)17/h2-7H,1H3,(H,18,19). The minimum atomic E-state index is -0.180. The summed E-state index contributed by atoms with van der Waals surface area (Å²) >= 11 is 13.9. The first-order valence-corrected chi connectivity index (χ1v) is 7.33. The zero-order valence-electron chi connectivity index (χ0n) is 10.0. The summed E-state index contributed by atoms with van der Waals surface area (Å²) in [5.41, 5.74) is 2.18. The fraction of sp³-hybridized carbons (Fsp3) is 0.0714. The van der Waals surface area contributed by atoms with Gasteiger partial charge in [0, 0.05) is 19.2 Å². The van der Waals surface area contributed by atoms with E-state index in [0.29, 0.717) is 15.6 Å². The van der Waals surface area contributed by atoms with E-state index in [1.165, 1.54) is 0 Å². The molecule has 19 heavy (non-hydrogen) atoms. The first-order chi connectivity index (χ1) is 8.97. The number of carbonyl (C=O) groups excluding carboxylic acids is 1. The lowest BCUT2D eigenvalue weighted by molar-refractivity contribution is 0.102. The van der Waals surface area contributed by atoms with Gasteiger partial charge in [0.15, 0.2) is 0 Å². The fourth-order valence-corrected chi connectivity index (χ4v) is 2.80. The second-order valence-corrected chi connectivity index (χ2v) is 6.07. The SMILES string of the molecule is Cc1ccc(Cl)cc1C(=O)Nc1ccc(Cl)cc1I. The maximum absolute atomic E-state index is 12.2. The van der Waals surface area contributed by atoms with Crippen LogP contribution in [0.15, 0.2) is 36.4 Å². The van der Waals surface area contributed by atoms with Gasteiger partial charge in [0.2, 0.25) is 0 Å². The molecule has 0 atom stereocenters. The molecule has 0 spiro atoms. The fourth-order valence-electron chi connectivity index (χ4n) is 1.62. The Morgan fingerprint density at radius 3 is 2.42 bits per heavy atom. The zero-order valence-corrected chi connectivity index (χ0v) is 13.7. The summed E-state index contributed by atoms with van der Waals surface area (Å²) in [5, 5.41) is 4.04. The van der Waals surface area contributed by atoms with Gasteiger partial charge in [0.25, 0.3) is 5.91 Å². The van der Waals surface area contributed by atoms with E-state index in [4.69, 9.17) is 23.2 Å². The van der Waals surface area contributed by atoms with Crippen LogP contribution < -0.4 is 5.32 Å². The van der Waals surface area contributed by atoms with E-state index in [-0.39, 0.29) is 5.91 Å². The molecule has 0 aliphatic heterocycles. The number of hydrogen-bond donors (Lipinski definition) is 1. The average Bonchev–Trinajstić information content (AvgIpc) is 2.35. The van der Waals surface area contributed by atoms with Crippen LogP contribution in [0.25, 0.3) is 0 Å². The number of halogens is 3. The zero-order chi connectivity index (χ0) is 14.0. The molecule has 2 aromatic carbocycles. The molecule has 5 heteroatoms. The monoisotopic (exact) mass is 405 g/mol. The molecule has 0 radical (unpaired) electrons. The summed E-state index contributed by atoms with van der Waals surface area (Å²) in [6, 6.07) is 10.6. The smallest absolute Gasteiger partial charge is 0.256 e. The molecule has 2 aromatic rings. The topological polar surface area (TPSA) is 29.1 Å². The first kappa shape index (κ1) is 14.6. The van der Waals surface area contributed by atoms with Gasteiger partial charge in [-0.25, -0.2) is 0 Å². The molecule has 0 fully saturated rings. The van der Waals surface area contributed by atoms with Gasteiger partial charge < -0.3 is 5.32 Å². The first-order valence-electron chi connectivity index (χ1n) is 5.50. The molecule has 0 saturated carbocycles. The Kier molecular flexibility index (Phi) is 4.71. The highest BCUT2D eigenvalue weighted by atomic mass is 127. The van der Waals surface area contributed by atoms with Gasteiger partial charge in [-0.3, -0.25) is 4.79 Å². The van der Waals surface area contributed by atoms with Gasteiger partial charge in [-0.2, -0.15) is 0 Å². The van der Waals surface area contributed by atoms with Crippen LogP contribution in [-0.4, -0.2) is 5.91 Å². The summed E-state index contributed by atoms with van der Waals surface area (Å²) in [5.74, 6) is -0.180. The van der Waals surface area contributed by atoms with Crippen molar-refractivity contribution in [3.05, 3.63) is 61.1 Å². The molecule has 0 aliphatic rings. The highest BCUT2D eigenvalue weighted by molar-refractivity contribution is 14.1. The molecule has 0 unspecified atom stereocenters. The summed E-state index contributed by atoms with van der Waals surface area (Å²) < 4.78 is 0.887. The summed E-state index contributed by atoms with van der Waals surface area (Å²) in [6.07, 6.45) is 0. The van der Waals surface area contributed by atoms with Crippen LogP contribution in [0, 0.1) is 10.5 Å². The molecule has 2 rings (SSSR count). The van der Waals surface area contributed by atoms with Gasteiger partial charge in [0.05, 0.1) is 5.69 Å². The molecule has 2 nitrogen and oxygen atoms in total. The lowest BCUT2D eigenvalue weighted by atomic mass is 10.1. The van der Waals surface area contributed by atoms with Crippen molar-refractivity contribution < 1.29 is 4.79 Å². The van der Waals surface area contributed by atoms with E-state index in [9.17, 15) is 4.79 Å². The molecule has 0 aromatic heterocycles. The average molecular weight is 406 g/mol. The van der Waals surface area contributed by atoms with Crippen molar-refractivity contribution in [2.45, 2.75) is 6.92 Å². The minimum Gasteiger partial charge on any atom is -0.321 e. The van der Waals surface area contributed by atoms with E-state index < -0.39 is 0 Å². The van der Waals surface area contributed by atoms with Gasteiger partial charge in [-0.1, -0.05) is 29.3 Å². The molecule has 0 heterocycles. The number of anilines is 1. The molecule has 0 bridgehead atoms. The quantitative estimate of drug-likeness (QED) is 0.687. The third kappa shape index (κ3) is 3.61. The van der Waals surface area contributed by atoms with E-state index in [0.717, 1.165) is 14.8 Å². The number of hydrogen-bond acceptors (Lipinski definition) is 1. The normalized spacial score (nSPS) is 10.3. The molecule has 1 N–H and O–H groups in total. The Hall–Kier alpha value is -0.780. The van der Waals surface area contributed by atoms with E-state index in [1.54, 1.807) is 30.3 Å². The Morgan fingerprint density at radius 1 is 1.11 bits per heavy atom. The Labute approximate surface area is 135 Å². The van der Waals surface area contributed by atoms with Crippen LogP contribution in [0.3, 0.4) is 0 Å².